The molecule has 5 aromatic rings. The number of esters is 1. The number of fused-ring (bicyclic) bond motifs is 1. The molecule has 9 heteroatoms. The Morgan fingerprint density at radius 3 is 1.81 bits per heavy atom. The van der Waals surface area contributed by atoms with Crippen molar-refractivity contribution >= 4 is 22.8 Å². The molecule has 0 aliphatic carbocycles. The van der Waals surface area contributed by atoms with Crippen LogP contribution in [0.1, 0.15) is 49.3 Å². The minimum atomic E-state index is -0.908. The number of aromatic nitrogens is 1. The highest BCUT2D eigenvalue weighted by Gasteiger charge is 2.50. The third-order valence-electron chi connectivity index (χ3n) is 9.43. The van der Waals surface area contributed by atoms with E-state index in [1.54, 1.807) is 0 Å². The SMILES string of the molecule is CCN(CC)C(=O)Cc1cn([C@@H]2O[C@H](COCc3ccccc3)[C@@H](OCc3ccccc3)[C@H](OCc3ccccc3)[C@H]2OC(C)=O)c2ccccc12. The lowest BCUT2D eigenvalue weighted by atomic mass is 9.96. The van der Waals surface area contributed by atoms with Crippen molar-refractivity contribution in [3.05, 3.63) is 144 Å². The van der Waals surface area contributed by atoms with Crippen LogP contribution in [0, 0.1) is 0 Å². The molecule has 0 spiro atoms. The second-order valence-corrected chi connectivity index (χ2v) is 13.0. The molecule has 0 radical (unpaired) electrons. The largest absolute Gasteiger partial charge is 0.455 e. The van der Waals surface area contributed by atoms with Gasteiger partial charge in [-0.3, -0.25) is 9.59 Å². The first kappa shape index (κ1) is 37.0. The standard InChI is InChI=1S/C43H48N2O7/c1-4-44(5-2)39(47)25-35-26-45(37-24-16-15-23-36(35)37)43-42(51-31(3)46)41(50-29-34-21-13-8-14-22-34)40(49-28-33-19-11-7-12-20-33)38(52-43)30-48-27-32-17-9-6-10-18-32/h6-24,26,38,40-43H,4-5,25,27-30H2,1-3H3/t38-,40-,41+,42-,43-/m1/s1. The summed E-state index contributed by atoms with van der Waals surface area (Å²) >= 11 is 0. The Labute approximate surface area is 306 Å². The molecule has 5 atom stereocenters. The van der Waals surface area contributed by atoms with Crippen LogP contribution in [-0.2, 0) is 59.5 Å². The Balaban J connectivity index is 1.41. The van der Waals surface area contributed by atoms with Crippen LogP contribution in [0.25, 0.3) is 10.9 Å². The summed E-state index contributed by atoms with van der Waals surface area (Å²) < 4.78 is 34.9. The van der Waals surface area contributed by atoms with Gasteiger partial charge in [-0.15, -0.1) is 0 Å². The molecule has 1 fully saturated rings. The predicted octanol–water partition coefficient (Wildman–Crippen LogP) is 7.27. The molecule has 1 aliphatic rings. The molecular formula is C43H48N2O7. The van der Waals surface area contributed by atoms with Gasteiger partial charge in [0.25, 0.3) is 0 Å². The van der Waals surface area contributed by atoms with Crippen molar-refractivity contribution in [2.45, 2.75) is 77.7 Å². The van der Waals surface area contributed by atoms with Gasteiger partial charge >= 0.3 is 5.97 Å². The molecule has 4 aromatic carbocycles. The summed E-state index contributed by atoms with van der Waals surface area (Å²) in [6, 6.07) is 37.7. The first-order valence-corrected chi connectivity index (χ1v) is 18.1. The number of amides is 1. The Hall–Kier alpha value is -4.80. The summed E-state index contributed by atoms with van der Waals surface area (Å²) in [7, 11) is 0. The molecular weight excluding hydrogens is 656 g/mol. The maximum Gasteiger partial charge on any atom is 0.303 e. The fourth-order valence-corrected chi connectivity index (χ4v) is 6.84. The zero-order valence-corrected chi connectivity index (χ0v) is 30.1. The van der Waals surface area contributed by atoms with Gasteiger partial charge in [0.1, 0.15) is 18.3 Å². The normalized spacial score (nSPS) is 20.1. The smallest absolute Gasteiger partial charge is 0.303 e. The highest BCUT2D eigenvalue weighted by atomic mass is 16.6. The molecule has 2 heterocycles. The van der Waals surface area contributed by atoms with Crippen molar-refractivity contribution in [1.82, 2.24) is 9.47 Å². The molecule has 6 rings (SSSR count). The van der Waals surface area contributed by atoms with Crippen LogP contribution in [0.2, 0.25) is 0 Å². The van der Waals surface area contributed by atoms with Crippen molar-refractivity contribution in [2.75, 3.05) is 19.7 Å². The predicted molar refractivity (Wildman–Crippen MR) is 199 cm³/mol. The minimum Gasteiger partial charge on any atom is -0.455 e. The van der Waals surface area contributed by atoms with E-state index in [4.69, 9.17) is 23.7 Å². The summed E-state index contributed by atoms with van der Waals surface area (Å²) in [6.07, 6.45) is -1.60. The summed E-state index contributed by atoms with van der Waals surface area (Å²) in [6.45, 7) is 7.73. The van der Waals surface area contributed by atoms with Crippen molar-refractivity contribution in [3.63, 3.8) is 0 Å². The average molecular weight is 705 g/mol. The van der Waals surface area contributed by atoms with Gasteiger partial charge in [0.2, 0.25) is 5.91 Å². The van der Waals surface area contributed by atoms with Gasteiger partial charge < -0.3 is 33.2 Å². The first-order valence-electron chi connectivity index (χ1n) is 18.1. The molecule has 0 saturated carbocycles. The van der Waals surface area contributed by atoms with Gasteiger partial charge in [0.15, 0.2) is 12.3 Å². The molecule has 0 bridgehead atoms. The summed E-state index contributed by atoms with van der Waals surface area (Å²) in [4.78, 5) is 28.1. The minimum absolute atomic E-state index is 0.0413. The lowest BCUT2D eigenvalue weighted by Gasteiger charge is -2.46. The van der Waals surface area contributed by atoms with E-state index in [1.165, 1.54) is 6.92 Å². The topological polar surface area (TPSA) is 88.5 Å². The number of nitrogens with zero attached hydrogens (tertiary/aromatic N) is 2. The van der Waals surface area contributed by atoms with E-state index in [-0.39, 0.29) is 32.1 Å². The number of para-hydroxylation sites is 1. The second kappa shape index (κ2) is 18.1. The Bertz CT molecular complexity index is 1860. The van der Waals surface area contributed by atoms with E-state index in [0.29, 0.717) is 19.7 Å². The highest BCUT2D eigenvalue weighted by molar-refractivity contribution is 5.89. The van der Waals surface area contributed by atoms with Crippen molar-refractivity contribution < 1.29 is 33.3 Å². The van der Waals surface area contributed by atoms with Crippen LogP contribution in [-0.4, -0.2) is 65.5 Å². The molecule has 9 nitrogen and oxygen atoms in total. The van der Waals surface area contributed by atoms with Gasteiger partial charge in [-0.2, -0.15) is 0 Å². The number of carbonyl (C=O) groups excluding carboxylic acids is 2. The molecule has 1 aromatic heterocycles. The molecule has 0 unspecified atom stereocenters. The molecule has 0 N–H and O–H groups in total. The van der Waals surface area contributed by atoms with E-state index in [2.05, 4.69) is 0 Å². The third-order valence-corrected chi connectivity index (χ3v) is 9.43. The average Bonchev–Trinajstić information content (AvgIpc) is 3.53. The van der Waals surface area contributed by atoms with Crippen LogP contribution in [0.3, 0.4) is 0 Å². The summed E-state index contributed by atoms with van der Waals surface area (Å²) in [5.74, 6) is -0.430. The van der Waals surface area contributed by atoms with Gasteiger partial charge in [0, 0.05) is 31.6 Å². The van der Waals surface area contributed by atoms with Crippen LogP contribution >= 0.6 is 0 Å². The van der Waals surface area contributed by atoms with Crippen molar-refractivity contribution in [2.24, 2.45) is 0 Å². The molecule has 1 saturated heterocycles. The monoisotopic (exact) mass is 704 g/mol. The number of rotatable bonds is 16. The van der Waals surface area contributed by atoms with E-state index in [9.17, 15) is 9.59 Å². The van der Waals surface area contributed by atoms with E-state index < -0.39 is 36.6 Å². The van der Waals surface area contributed by atoms with Crippen LogP contribution < -0.4 is 0 Å². The Kier molecular flexibility index (Phi) is 12.9. The zero-order valence-electron chi connectivity index (χ0n) is 30.1. The molecule has 1 amide bonds. The van der Waals surface area contributed by atoms with Gasteiger partial charge in [0.05, 0.1) is 38.4 Å². The lowest BCUT2D eigenvalue weighted by Crippen LogP contribution is -2.59. The van der Waals surface area contributed by atoms with Crippen LogP contribution in [0.15, 0.2) is 121 Å². The summed E-state index contributed by atoms with van der Waals surface area (Å²) in [5, 5.41) is 0.925. The maximum absolute atomic E-state index is 13.4. The zero-order chi connectivity index (χ0) is 36.3. The number of benzene rings is 4. The fraction of sp³-hybridized carbons (Fsp3) is 0.349. The maximum atomic E-state index is 13.4. The quantitative estimate of drug-likeness (QED) is 0.0999. The molecule has 1 aliphatic heterocycles. The van der Waals surface area contributed by atoms with Crippen molar-refractivity contribution in [1.29, 1.82) is 0 Å². The lowest BCUT2D eigenvalue weighted by molar-refractivity contribution is -0.282. The number of carbonyl (C=O) groups is 2. The molecule has 52 heavy (non-hydrogen) atoms. The van der Waals surface area contributed by atoms with Crippen LogP contribution in [0.4, 0.5) is 0 Å². The van der Waals surface area contributed by atoms with Gasteiger partial charge in [-0.25, -0.2) is 0 Å². The summed E-state index contributed by atoms with van der Waals surface area (Å²) in [5.41, 5.74) is 4.69. The van der Waals surface area contributed by atoms with E-state index in [1.807, 2.05) is 145 Å². The first-order chi connectivity index (χ1) is 25.4. The van der Waals surface area contributed by atoms with E-state index in [0.717, 1.165) is 33.2 Å². The van der Waals surface area contributed by atoms with Crippen LogP contribution in [0.5, 0.6) is 0 Å². The number of likely N-dealkylation sites (N-methyl/N-ethyl adjacent to an activating group) is 1. The third kappa shape index (κ3) is 9.16. The van der Waals surface area contributed by atoms with Gasteiger partial charge in [-0.1, -0.05) is 109 Å². The highest BCUT2D eigenvalue weighted by Crippen LogP contribution is 2.38. The number of hydrogen-bond acceptors (Lipinski definition) is 7. The van der Waals surface area contributed by atoms with E-state index >= 15 is 0 Å². The molecule has 272 valence electrons. The fourth-order valence-electron chi connectivity index (χ4n) is 6.84. The number of ether oxygens (including phenoxy) is 5. The van der Waals surface area contributed by atoms with Crippen molar-refractivity contribution in [3.8, 4) is 0 Å². The number of hydrogen-bond donors (Lipinski definition) is 0. The Morgan fingerprint density at radius 1 is 0.692 bits per heavy atom. The van der Waals surface area contributed by atoms with Gasteiger partial charge in [-0.05, 0) is 42.2 Å². The Morgan fingerprint density at radius 2 is 1.23 bits per heavy atom. The second-order valence-electron chi connectivity index (χ2n) is 13.0.